The number of fused-ring (bicyclic) bond motifs is 1. The summed E-state index contributed by atoms with van der Waals surface area (Å²) < 4.78 is 39.4. The summed E-state index contributed by atoms with van der Waals surface area (Å²) >= 11 is 0. The first-order chi connectivity index (χ1) is 10.9. The summed E-state index contributed by atoms with van der Waals surface area (Å²) in [6.45, 7) is 3.79. The Morgan fingerprint density at radius 3 is 2.61 bits per heavy atom. The summed E-state index contributed by atoms with van der Waals surface area (Å²) in [4.78, 5) is 15.0. The molecule has 10 heteroatoms. The van der Waals surface area contributed by atoms with Gasteiger partial charge >= 0.3 is 6.18 Å². The summed E-state index contributed by atoms with van der Waals surface area (Å²) in [6.07, 6.45) is -3.89. The summed E-state index contributed by atoms with van der Waals surface area (Å²) in [5.74, 6) is -0.740. The average Bonchev–Trinajstić information content (AvgIpc) is 2.75. The monoisotopic (exact) mass is 328 g/mol. The highest BCUT2D eigenvalue weighted by molar-refractivity contribution is 5.73. The zero-order valence-corrected chi connectivity index (χ0v) is 12.4. The van der Waals surface area contributed by atoms with E-state index in [0.29, 0.717) is 36.5 Å². The van der Waals surface area contributed by atoms with E-state index in [4.69, 9.17) is 0 Å². The van der Waals surface area contributed by atoms with Gasteiger partial charge in [-0.25, -0.2) is 0 Å². The lowest BCUT2D eigenvalue weighted by Gasteiger charge is -2.22. The minimum absolute atomic E-state index is 0.00608. The van der Waals surface area contributed by atoms with Crippen LogP contribution in [0.2, 0.25) is 0 Å². The van der Waals surface area contributed by atoms with Gasteiger partial charge < -0.3 is 9.80 Å². The van der Waals surface area contributed by atoms with Crippen molar-refractivity contribution in [2.45, 2.75) is 19.5 Å². The number of nitrogens with zero attached hydrogens (tertiary/aromatic N) is 6. The van der Waals surface area contributed by atoms with Crippen LogP contribution in [0.1, 0.15) is 19.2 Å². The Bertz CT molecular complexity index is 728. The van der Waals surface area contributed by atoms with Gasteiger partial charge in [-0.2, -0.15) is 17.7 Å². The maximum absolute atomic E-state index is 12.9. The molecule has 2 aromatic rings. The molecule has 0 atom stereocenters. The molecule has 0 aliphatic carbocycles. The van der Waals surface area contributed by atoms with E-state index in [1.54, 1.807) is 11.0 Å². The number of halogens is 3. The molecule has 1 amide bonds. The van der Waals surface area contributed by atoms with Crippen LogP contribution in [0, 0.1) is 0 Å². The van der Waals surface area contributed by atoms with Crippen LogP contribution in [0.5, 0.6) is 0 Å². The van der Waals surface area contributed by atoms with Crippen LogP contribution in [-0.2, 0) is 11.0 Å². The molecule has 124 valence electrons. The van der Waals surface area contributed by atoms with Crippen LogP contribution >= 0.6 is 0 Å². The first kappa shape index (κ1) is 15.5. The highest BCUT2D eigenvalue weighted by atomic mass is 19.4. The molecule has 7 nitrogen and oxygen atoms in total. The van der Waals surface area contributed by atoms with Crippen LogP contribution in [-0.4, -0.2) is 56.8 Å². The molecule has 0 N–H and O–H groups in total. The average molecular weight is 328 g/mol. The number of hydrogen-bond acceptors (Lipinski definition) is 5. The van der Waals surface area contributed by atoms with Crippen LogP contribution in [0.4, 0.5) is 19.0 Å². The van der Waals surface area contributed by atoms with Crippen molar-refractivity contribution in [1.82, 2.24) is 24.7 Å². The van der Waals surface area contributed by atoms with Gasteiger partial charge in [-0.3, -0.25) is 4.79 Å². The van der Waals surface area contributed by atoms with Gasteiger partial charge in [0.25, 0.3) is 5.82 Å². The van der Waals surface area contributed by atoms with Crippen molar-refractivity contribution in [3.05, 3.63) is 18.0 Å². The number of rotatable bonds is 1. The van der Waals surface area contributed by atoms with Crippen LogP contribution in [0.25, 0.3) is 5.65 Å². The second-order valence-electron chi connectivity index (χ2n) is 5.33. The van der Waals surface area contributed by atoms with Crippen LogP contribution < -0.4 is 4.90 Å². The van der Waals surface area contributed by atoms with Crippen molar-refractivity contribution in [3.8, 4) is 0 Å². The first-order valence-corrected chi connectivity index (χ1v) is 7.16. The highest BCUT2D eigenvalue weighted by Crippen LogP contribution is 2.28. The Morgan fingerprint density at radius 1 is 1.13 bits per heavy atom. The summed E-state index contributed by atoms with van der Waals surface area (Å²) in [5, 5.41) is 10.7. The standard InChI is InChI=1S/C13H15F3N6O/c1-9(23)20-5-2-6-21(8-7-20)11-4-3-10-17-18-12(13(14,15)16)22(10)19-11/h3-4H,2,5-8H2,1H3. The van der Waals surface area contributed by atoms with E-state index in [2.05, 4.69) is 15.3 Å². The molecule has 2 aromatic heterocycles. The van der Waals surface area contributed by atoms with Crippen molar-refractivity contribution in [1.29, 1.82) is 0 Å². The van der Waals surface area contributed by atoms with Crippen molar-refractivity contribution >= 4 is 17.4 Å². The number of carbonyl (C=O) groups excluding carboxylic acids is 1. The molecule has 0 saturated carbocycles. The second-order valence-corrected chi connectivity index (χ2v) is 5.33. The Morgan fingerprint density at radius 2 is 1.91 bits per heavy atom. The smallest absolute Gasteiger partial charge is 0.353 e. The fraction of sp³-hybridized carbons (Fsp3) is 0.538. The van der Waals surface area contributed by atoms with Gasteiger partial charge in [0.15, 0.2) is 5.65 Å². The quantitative estimate of drug-likeness (QED) is 0.787. The third-order valence-electron chi connectivity index (χ3n) is 3.77. The fourth-order valence-electron chi connectivity index (χ4n) is 2.59. The van der Waals surface area contributed by atoms with E-state index >= 15 is 0 Å². The van der Waals surface area contributed by atoms with Gasteiger partial charge in [0.2, 0.25) is 5.91 Å². The van der Waals surface area contributed by atoms with Crippen LogP contribution in [0.3, 0.4) is 0 Å². The van der Waals surface area contributed by atoms with E-state index in [0.717, 1.165) is 6.42 Å². The van der Waals surface area contributed by atoms with Crippen molar-refractivity contribution < 1.29 is 18.0 Å². The van der Waals surface area contributed by atoms with E-state index in [1.165, 1.54) is 13.0 Å². The third kappa shape index (κ3) is 3.06. The largest absolute Gasteiger partial charge is 0.453 e. The van der Waals surface area contributed by atoms with Gasteiger partial charge in [-0.1, -0.05) is 0 Å². The van der Waals surface area contributed by atoms with Crippen LogP contribution in [0.15, 0.2) is 12.1 Å². The van der Waals surface area contributed by atoms with E-state index in [-0.39, 0.29) is 11.6 Å². The van der Waals surface area contributed by atoms with E-state index in [1.807, 2.05) is 4.90 Å². The molecule has 1 aliphatic heterocycles. The molecule has 0 spiro atoms. The van der Waals surface area contributed by atoms with Gasteiger partial charge in [0.1, 0.15) is 5.82 Å². The molecule has 0 aromatic carbocycles. The van der Waals surface area contributed by atoms with E-state index < -0.39 is 12.0 Å². The van der Waals surface area contributed by atoms with Crippen molar-refractivity contribution in [2.75, 3.05) is 31.1 Å². The van der Waals surface area contributed by atoms with Gasteiger partial charge in [0, 0.05) is 33.1 Å². The number of amides is 1. The Labute approximate surface area is 129 Å². The summed E-state index contributed by atoms with van der Waals surface area (Å²) in [6, 6.07) is 3.08. The Balaban J connectivity index is 1.89. The minimum Gasteiger partial charge on any atom is -0.353 e. The number of aromatic nitrogens is 4. The van der Waals surface area contributed by atoms with Gasteiger partial charge in [0.05, 0.1) is 0 Å². The molecule has 0 radical (unpaired) electrons. The SMILES string of the molecule is CC(=O)N1CCCN(c2ccc3nnc(C(F)(F)F)n3n2)CC1. The Kier molecular flexibility index (Phi) is 3.82. The maximum Gasteiger partial charge on any atom is 0.453 e. The molecule has 0 bridgehead atoms. The molecule has 23 heavy (non-hydrogen) atoms. The molecule has 1 saturated heterocycles. The zero-order chi connectivity index (χ0) is 16.6. The highest BCUT2D eigenvalue weighted by Gasteiger charge is 2.37. The van der Waals surface area contributed by atoms with Crippen molar-refractivity contribution in [3.63, 3.8) is 0 Å². The van der Waals surface area contributed by atoms with Gasteiger partial charge in [-0.15, -0.1) is 15.3 Å². The predicted octanol–water partition coefficient (Wildman–Crippen LogP) is 1.20. The second kappa shape index (κ2) is 5.67. The summed E-state index contributed by atoms with van der Waals surface area (Å²) in [7, 11) is 0. The fourth-order valence-corrected chi connectivity index (χ4v) is 2.59. The molecule has 1 fully saturated rings. The lowest BCUT2D eigenvalue weighted by Crippen LogP contribution is -2.34. The number of anilines is 1. The van der Waals surface area contributed by atoms with Crippen molar-refractivity contribution in [2.24, 2.45) is 0 Å². The Hall–Kier alpha value is -2.39. The molecular weight excluding hydrogens is 313 g/mol. The number of carbonyl (C=O) groups is 1. The molecule has 3 heterocycles. The summed E-state index contributed by atoms with van der Waals surface area (Å²) in [5.41, 5.74) is 0.0428. The third-order valence-corrected chi connectivity index (χ3v) is 3.77. The molecule has 1 aliphatic rings. The molecule has 3 rings (SSSR count). The minimum atomic E-state index is -4.62. The number of alkyl halides is 3. The lowest BCUT2D eigenvalue weighted by atomic mass is 10.3. The van der Waals surface area contributed by atoms with E-state index in [9.17, 15) is 18.0 Å². The topological polar surface area (TPSA) is 66.6 Å². The van der Waals surface area contributed by atoms with Gasteiger partial charge in [-0.05, 0) is 18.6 Å². The lowest BCUT2D eigenvalue weighted by molar-refractivity contribution is -0.146. The molecular formula is C13H15F3N6O. The maximum atomic E-state index is 12.9. The first-order valence-electron chi connectivity index (χ1n) is 7.16. The molecule has 0 unspecified atom stereocenters. The normalized spacial score (nSPS) is 16.7. The zero-order valence-electron chi connectivity index (χ0n) is 12.4. The number of hydrogen-bond donors (Lipinski definition) is 0. The predicted molar refractivity (Wildman–Crippen MR) is 74.9 cm³/mol.